The second-order valence-corrected chi connectivity index (χ2v) is 10.9. The van der Waals surface area contributed by atoms with Crippen LogP contribution in [0, 0.1) is 6.92 Å². The highest BCUT2D eigenvalue weighted by molar-refractivity contribution is 7.89. The van der Waals surface area contributed by atoms with Gasteiger partial charge in [-0.2, -0.15) is 5.10 Å². The third kappa shape index (κ3) is 5.44. The Hall–Kier alpha value is -2.97. The molecule has 3 rings (SSSR count). The largest absolute Gasteiger partial charge is 0.322 e. The van der Waals surface area contributed by atoms with Crippen molar-refractivity contribution in [3.8, 4) is 5.69 Å². The smallest absolute Gasteiger partial charge is 0.259 e. The molecule has 7 nitrogen and oxygen atoms in total. The van der Waals surface area contributed by atoms with Crippen LogP contribution in [0.4, 0.5) is 5.69 Å². The van der Waals surface area contributed by atoms with Gasteiger partial charge in [0.2, 0.25) is 10.0 Å². The Labute approximate surface area is 189 Å². The molecule has 32 heavy (non-hydrogen) atoms. The summed E-state index contributed by atoms with van der Waals surface area (Å²) >= 11 is 0. The molecule has 0 aliphatic carbocycles. The quantitative estimate of drug-likeness (QED) is 0.568. The van der Waals surface area contributed by atoms with Crippen LogP contribution in [0.2, 0.25) is 0 Å². The van der Waals surface area contributed by atoms with Gasteiger partial charge < -0.3 is 5.32 Å². The number of carbonyl (C=O) groups is 1. The minimum absolute atomic E-state index is 0.0438. The summed E-state index contributed by atoms with van der Waals surface area (Å²) in [5.41, 5.74) is 3.02. The number of aryl methyl sites for hydroxylation is 1. The van der Waals surface area contributed by atoms with Gasteiger partial charge in [0.25, 0.3) is 5.91 Å². The number of sulfonamides is 1. The Morgan fingerprint density at radius 1 is 1.06 bits per heavy atom. The highest BCUT2D eigenvalue weighted by Gasteiger charge is 2.24. The summed E-state index contributed by atoms with van der Waals surface area (Å²) in [5, 5.41) is 7.27. The van der Waals surface area contributed by atoms with Gasteiger partial charge in [-0.3, -0.25) is 4.79 Å². The molecule has 0 saturated carbocycles. The first-order valence-electron chi connectivity index (χ1n) is 10.5. The molecule has 0 aliphatic rings. The van der Waals surface area contributed by atoms with Crippen LogP contribution in [-0.2, 0) is 10.0 Å². The second kappa shape index (κ2) is 8.88. The summed E-state index contributed by atoms with van der Waals surface area (Å²) < 4.78 is 29.7. The van der Waals surface area contributed by atoms with E-state index in [1.54, 1.807) is 43.8 Å². The first-order valence-corrected chi connectivity index (χ1v) is 12.0. The molecule has 170 valence electrons. The maximum absolute atomic E-state index is 13.1. The third-order valence-electron chi connectivity index (χ3n) is 4.72. The number of rotatable bonds is 6. The number of benzene rings is 2. The fraction of sp³-hybridized carbons (Fsp3) is 0.333. The van der Waals surface area contributed by atoms with Gasteiger partial charge in [0.1, 0.15) is 0 Å². The lowest BCUT2D eigenvalue weighted by atomic mass is 10.0. The van der Waals surface area contributed by atoms with Gasteiger partial charge >= 0.3 is 0 Å². The number of amides is 1. The molecule has 2 N–H and O–H groups in total. The molecule has 3 aromatic rings. The maximum atomic E-state index is 13.1. The molecular formula is C24H30N4O3S. The van der Waals surface area contributed by atoms with Crippen molar-refractivity contribution in [1.82, 2.24) is 14.5 Å². The van der Waals surface area contributed by atoms with Crippen molar-refractivity contribution in [3.05, 3.63) is 71.5 Å². The molecule has 0 saturated heterocycles. The molecule has 0 atom stereocenters. The van der Waals surface area contributed by atoms with E-state index in [4.69, 9.17) is 0 Å². The SMILES string of the molecule is Cc1ccc(-n2ncc(C(=O)Nc3cccc(S(=O)(=O)NC(C)(C)C)c3)c2C(C)C)cc1. The highest BCUT2D eigenvalue weighted by Crippen LogP contribution is 2.25. The fourth-order valence-corrected chi connectivity index (χ4v) is 4.85. The van der Waals surface area contributed by atoms with E-state index in [0.29, 0.717) is 11.3 Å². The number of nitrogens with zero attached hydrogens (tertiary/aromatic N) is 2. The summed E-state index contributed by atoms with van der Waals surface area (Å²) in [6.45, 7) is 11.3. The van der Waals surface area contributed by atoms with Crippen molar-refractivity contribution in [2.24, 2.45) is 0 Å². The van der Waals surface area contributed by atoms with Gasteiger partial charge in [0, 0.05) is 11.2 Å². The van der Waals surface area contributed by atoms with Crippen LogP contribution in [0.25, 0.3) is 5.69 Å². The van der Waals surface area contributed by atoms with E-state index in [-0.39, 0.29) is 16.7 Å². The number of hydrogen-bond acceptors (Lipinski definition) is 4. The molecule has 8 heteroatoms. The Morgan fingerprint density at radius 3 is 2.31 bits per heavy atom. The number of carbonyl (C=O) groups excluding carboxylic acids is 1. The molecular weight excluding hydrogens is 424 g/mol. The Balaban J connectivity index is 1.91. The van der Waals surface area contributed by atoms with E-state index in [0.717, 1.165) is 16.9 Å². The highest BCUT2D eigenvalue weighted by atomic mass is 32.2. The summed E-state index contributed by atoms with van der Waals surface area (Å²) in [7, 11) is -3.72. The van der Waals surface area contributed by atoms with E-state index in [2.05, 4.69) is 15.1 Å². The summed E-state index contributed by atoms with van der Waals surface area (Å²) in [6.07, 6.45) is 1.55. The first-order chi connectivity index (χ1) is 14.9. The summed E-state index contributed by atoms with van der Waals surface area (Å²) in [4.78, 5) is 13.2. The first kappa shape index (κ1) is 23.7. The van der Waals surface area contributed by atoms with Crippen molar-refractivity contribution in [1.29, 1.82) is 0 Å². The monoisotopic (exact) mass is 454 g/mol. The van der Waals surface area contributed by atoms with E-state index in [1.807, 2.05) is 45.0 Å². The molecule has 0 bridgehead atoms. The van der Waals surface area contributed by atoms with Gasteiger partial charge in [0.05, 0.1) is 28.0 Å². The van der Waals surface area contributed by atoms with Crippen LogP contribution in [0.3, 0.4) is 0 Å². The lowest BCUT2D eigenvalue weighted by Crippen LogP contribution is -2.40. The van der Waals surface area contributed by atoms with Crippen LogP contribution in [0.1, 0.15) is 62.2 Å². The number of nitrogens with one attached hydrogen (secondary N) is 2. The van der Waals surface area contributed by atoms with E-state index < -0.39 is 15.6 Å². The lowest BCUT2D eigenvalue weighted by molar-refractivity contribution is 0.102. The van der Waals surface area contributed by atoms with Crippen LogP contribution in [0.5, 0.6) is 0 Å². The Morgan fingerprint density at radius 2 is 1.72 bits per heavy atom. The van der Waals surface area contributed by atoms with Crippen molar-refractivity contribution in [2.45, 2.75) is 57.9 Å². The van der Waals surface area contributed by atoms with Crippen molar-refractivity contribution in [3.63, 3.8) is 0 Å². The van der Waals surface area contributed by atoms with E-state index >= 15 is 0 Å². The zero-order valence-electron chi connectivity index (χ0n) is 19.3. The van der Waals surface area contributed by atoms with Crippen molar-refractivity contribution < 1.29 is 13.2 Å². The van der Waals surface area contributed by atoms with Crippen LogP contribution in [-0.4, -0.2) is 29.6 Å². The maximum Gasteiger partial charge on any atom is 0.259 e. The molecule has 0 unspecified atom stereocenters. The molecule has 1 aromatic heterocycles. The Bertz CT molecular complexity index is 1220. The summed E-state index contributed by atoms with van der Waals surface area (Å²) in [6, 6.07) is 14.1. The topological polar surface area (TPSA) is 93.1 Å². The van der Waals surface area contributed by atoms with Crippen molar-refractivity contribution in [2.75, 3.05) is 5.32 Å². The Kier molecular flexibility index (Phi) is 6.57. The van der Waals surface area contributed by atoms with Crippen LogP contribution >= 0.6 is 0 Å². The van der Waals surface area contributed by atoms with Gasteiger partial charge in [-0.05, 0) is 63.9 Å². The van der Waals surface area contributed by atoms with Gasteiger partial charge in [-0.15, -0.1) is 0 Å². The number of hydrogen-bond donors (Lipinski definition) is 2. The average molecular weight is 455 g/mol. The molecule has 0 spiro atoms. The molecule has 2 aromatic carbocycles. The van der Waals surface area contributed by atoms with Gasteiger partial charge in [-0.25, -0.2) is 17.8 Å². The minimum atomic E-state index is -3.72. The molecule has 0 fully saturated rings. The molecule has 1 heterocycles. The number of aromatic nitrogens is 2. The molecule has 1 amide bonds. The second-order valence-electron chi connectivity index (χ2n) is 9.18. The molecule has 0 radical (unpaired) electrons. The van der Waals surface area contributed by atoms with E-state index in [1.165, 1.54) is 12.1 Å². The van der Waals surface area contributed by atoms with E-state index in [9.17, 15) is 13.2 Å². The van der Waals surface area contributed by atoms with Crippen LogP contribution < -0.4 is 10.0 Å². The van der Waals surface area contributed by atoms with Gasteiger partial charge in [-0.1, -0.05) is 37.6 Å². The average Bonchev–Trinajstić information content (AvgIpc) is 3.12. The lowest BCUT2D eigenvalue weighted by Gasteiger charge is -2.20. The standard InChI is InChI=1S/C24H30N4O3S/c1-16(2)22-21(15-25-28(22)19-12-10-17(3)11-13-19)23(29)26-18-8-7-9-20(14-18)32(30,31)27-24(4,5)6/h7-16,27H,1-6H3,(H,26,29). The fourth-order valence-electron chi connectivity index (χ4n) is 3.38. The van der Waals surface area contributed by atoms with Crippen LogP contribution in [0.15, 0.2) is 59.6 Å². The number of anilines is 1. The summed E-state index contributed by atoms with van der Waals surface area (Å²) in [5.74, 6) is -0.298. The third-order valence-corrected chi connectivity index (χ3v) is 6.47. The molecule has 0 aliphatic heterocycles. The predicted octanol–water partition coefficient (Wildman–Crippen LogP) is 4.63. The minimum Gasteiger partial charge on any atom is -0.322 e. The zero-order chi connectivity index (χ0) is 23.7. The predicted molar refractivity (Wildman–Crippen MR) is 127 cm³/mol. The zero-order valence-corrected chi connectivity index (χ0v) is 20.1. The van der Waals surface area contributed by atoms with Gasteiger partial charge in [0.15, 0.2) is 0 Å². The van der Waals surface area contributed by atoms with Crippen molar-refractivity contribution >= 4 is 21.6 Å². The normalized spacial score (nSPS) is 12.2.